The van der Waals surface area contributed by atoms with E-state index < -0.39 is 5.60 Å². The summed E-state index contributed by atoms with van der Waals surface area (Å²) in [5.74, 6) is 0. The van der Waals surface area contributed by atoms with Gasteiger partial charge >= 0.3 is 6.09 Å². The van der Waals surface area contributed by atoms with Crippen LogP contribution in [0.1, 0.15) is 40.0 Å². The molecule has 0 spiro atoms. The molecular weight excluding hydrogens is 284 g/mol. The SMILES string of the molecule is COC1(CC2COCCN2C(=O)OC(C)(C)C)CCNCC1. The normalized spacial score (nSPS) is 25.8. The zero-order valence-corrected chi connectivity index (χ0v) is 14.3. The molecule has 2 fully saturated rings. The quantitative estimate of drug-likeness (QED) is 0.860. The van der Waals surface area contributed by atoms with E-state index in [9.17, 15) is 4.79 Å². The second-order valence-corrected chi connectivity index (χ2v) is 7.24. The molecule has 6 heteroatoms. The Morgan fingerprint density at radius 3 is 2.64 bits per heavy atom. The van der Waals surface area contributed by atoms with E-state index in [0.29, 0.717) is 19.8 Å². The number of amides is 1. The van der Waals surface area contributed by atoms with Crippen LogP contribution in [-0.2, 0) is 14.2 Å². The molecule has 2 heterocycles. The topological polar surface area (TPSA) is 60.0 Å². The average Bonchev–Trinajstić information content (AvgIpc) is 2.47. The standard InChI is InChI=1S/C16H30N2O4/c1-15(2,3)22-14(19)18-9-10-21-12-13(18)11-16(20-4)5-7-17-8-6-16/h13,17H,5-12H2,1-4H3. The first kappa shape index (κ1) is 17.5. The van der Waals surface area contributed by atoms with E-state index in [1.165, 1.54) is 0 Å². The van der Waals surface area contributed by atoms with Crippen molar-refractivity contribution in [1.82, 2.24) is 10.2 Å². The highest BCUT2D eigenvalue weighted by atomic mass is 16.6. The molecule has 0 aliphatic carbocycles. The van der Waals surface area contributed by atoms with Gasteiger partial charge in [0.2, 0.25) is 0 Å². The van der Waals surface area contributed by atoms with Gasteiger partial charge in [0.15, 0.2) is 0 Å². The molecule has 0 aromatic carbocycles. The van der Waals surface area contributed by atoms with Crippen LogP contribution in [0.3, 0.4) is 0 Å². The van der Waals surface area contributed by atoms with Crippen molar-refractivity contribution in [2.75, 3.05) is 40.0 Å². The van der Waals surface area contributed by atoms with Gasteiger partial charge in [-0.15, -0.1) is 0 Å². The highest BCUT2D eigenvalue weighted by molar-refractivity contribution is 5.68. The second kappa shape index (κ2) is 7.15. The number of carbonyl (C=O) groups is 1. The summed E-state index contributed by atoms with van der Waals surface area (Å²) in [6, 6.07) is 0.0154. The minimum absolute atomic E-state index is 0.0154. The molecule has 2 aliphatic heterocycles. The van der Waals surface area contributed by atoms with Crippen LogP contribution in [-0.4, -0.2) is 68.2 Å². The highest BCUT2D eigenvalue weighted by Crippen LogP contribution is 2.31. The maximum atomic E-state index is 12.5. The Morgan fingerprint density at radius 1 is 1.36 bits per heavy atom. The van der Waals surface area contributed by atoms with Crippen LogP contribution in [0.5, 0.6) is 0 Å². The molecule has 1 N–H and O–H groups in total. The van der Waals surface area contributed by atoms with Crippen LogP contribution in [0.25, 0.3) is 0 Å². The Kier molecular flexibility index (Phi) is 5.69. The van der Waals surface area contributed by atoms with Gasteiger partial charge in [0.1, 0.15) is 5.60 Å². The van der Waals surface area contributed by atoms with Crippen LogP contribution in [0.2, 0.25) is 0 Å². The molecule has 1 amide bonds. The first-order valence-corrected chi connectivity index (χ1v) is 8.18. The number of hydrogen-bond donors (Lipinski definition) is 1. The number of nitrogens with zero attached hydrogens (tertiary/aromatic N) is 1. The van der Waals surface area contributed by atoms with Crippen LogP contribution >= 0.6 is 0 Å². The zero-order valence-electron chi connectivity index (χ0n) is 14.3. The average molecular weight is 314 g/mol. The fraction of sp³-hybridized carbons (Fsp3) is 0.938. The molecule has 0 radical (unpaired) electrons. The maximum absolute atomic E-state index is 12.5. The highest BCUT2D eigenvalue weighted by Gasteiger charge is 2.39. The summed E-state index contributed by atoms with van der Waals surface area (Å²) in [6.45, 7) is 9.28. The van der Waals surface area contributed by atoms with Crippen molar-refractivity contribution in [2.45, 2.75) is 57.3 Å². The lowest BCUT2D eigenvalue weighted by molar-refractivity contribution is -0.0867. The lowest BCUT2D eigenvalue weighted by Crippen LogP contribution is -2.55. The largest absolute Gasteiger partial charge is 0.444 e. The Bertz CT molecular complexity index is 375. The number of hydrogen-bond acceptors (Lipinski definition) is 5. The number of morpholine rings is 1. The number of nitrogens with one attached hydrogen (secondary N) is 1. The van der Waals surface area contributed by atoms with Crippen molar-refractivity contribution in [3.63, 3.8) is 0 Å². The molecule has 1 unspecified atom stereocenters. The van der Waals surface area contributed by atoms with Crippen molar-refractivity contribution in [3.05, 3.63) is 0 Å². The molecule has 0 aromatic heterocycles. The van der Waals surface area contributed by atoms with Gasteiger partial charge in [-0.05, 0) is 53.1 Å². The predicted octanol–water partition coefficient (Wildman–Crippen LogP) is 1.78. The molecule has 128 valence electrons. The minimum Gasteiger partial charge on any atom is -0.444 e. The van der Waals surface area contributed by atoms with E-state index >= 15 is 0 Å². The fourth-order valence-corrected chi connectivity index (χ4v) is 3.19. The molecule has 2 aliphatic rings. The number of rotatable bonds is 3. The van der Waals surface area contributed by atoms with Crippen LogP contribution in [0.4, 0.5) is 4.79 Å². The Balaban J connectivity index is 2.04. The van der Waals surface area contributed by atoms with Crippen molar-refractivity contribution in [3.8, 4) is 0 Å². The first-order chi connectivity index (χ1) is 10.4. The smallest absolute Gasteiger partial charge is 0.410 e. The van der Waals surface area contributed by atoms with Crippen LogP contribution in [0.15, 0.2) is 0 Å². The third-order valence-electron chi connectivity index (χ3n) is 4.41. The molecule has 1 atom stereocenters. The summed E-state index contributed by atoms with van der Waals surface area (Å²) in [7, 11) is 1.77. The van der Waals surface area contributed by atoms with Gasteiger partial charge in [0.05, 0.1) is 24.9 Å². The van der Waals surface area contributed by atoms with Gasteiger partial charge < -0.3 is 24.4 Å². The monoisotopic (exact) mass is 314 g/mol. The number of carbonyl (C=O) groups excluding carboxylic acids is 1. The molecular formula is C16H30N2O4. The minimum atomic E-state index is -0.479. The molecule has 0 saturated carbocycles. The van der Waals surface area contributed by atoms with Crippen molar-refractivity contribution in [1.29, 1.82) is 0 Å². The Morgan fingerprint density at radius 2 is 2.05 bits per heavy atom. The predicted molar refractivity (Wildman–Crippen MR) is 84.0 cm³/mol. The Labute approximate surface area is 133 Å². The fourth-order valence-electron chi connectivity index (χ4n) is 3.19. The summed E-state index contributed by atoms with van der Waals surface area (Å²) in [6.07, 6.45) is 2.47. The second-order valence-electron chi connectivity index (χ2n) is 7.24. The van der Waals surface area contributed by atoms with Crippen LogP contribution in [0, 0.1) is 0 Å². The molecule has 6 nitrogen and oxygen atoms in total. The van der Waals surface area contributed by atoms with E-state index in [0.717, 1.165) is 32.4 Å². The molecule has 0 aromatic rings. The van der Waals surface area contributed by atoms with Crippen molar-refractivity contribution < 1.29 is 19.0 Å². The van der Waals surface area contributed by atoms with E-state index in [1.54, 1.807) is 7.11 Å². The Hall–Kier alpha value is -0.850. The summed E-state index contributed by atoms with van der Waals surface area (Å²) in [5, 5.41) is 3.36. The summed E-state index contributed by atoms with van der Waals surface area (Å²) >= 11 is 0. The molecule has 2 rings (SSSR count). The zero-order chi connectivity index (χ0) is 16.2. The molecule has 0 bridgehead atoms. The van der Waals surface area contributed by atoms with Gasteiger partial charge in [-0.2, -0.15) is 0 Å². The lowest BCUT2D eigenvalue weighted by Gasteiger charge is -2.43. The lowest BCUT2D eigenvalue weighted by atomic mass is 9.85. The number of methoxy groups -OCH3 is 1. The van der Waals surface area contributed by atoms with E-state index in [2.05, 4.69) is 5.32 Å². The summed E-state index contributed by atoms with van der Waals surface area (Å²) in [5.41, 5.74) is -0.648. The number of piperidine rings is 1. The van der Waals surface area contributed by atoms with E-state index in [-0.39, 0.29) is 17.7 Å². The third kappa shape index (κ3) is 4.57. The first-order valence-electron chi connectivity index (χ1n) is 8.18. The van der Waals surface area contributed by atoms with Gasteiger partial charge in [0.25, 0.3) is 0 Å². The third-order valence-corrected chi connectivity index (χ3v) is 4.41. The van der Waals surface area contributed by atoms with Gasteiger partial charge in [0, 0.05) is 13.7 Å². The molecule has 22 heavy (non-hydrogen) atoms. The maximum Gasteiger partial charge on any atom is 0.410 e. The van der Waals surface area contributed by atoms with E-state index in [1.807, 2.05) is 25.7 Å². The van der Waals surface area contributed by atoms with Gasteiger partial charge in [-0.1, -0.05) is 0 Å². The summed E-state index contributed by atoms with van der Waals surface area (Å²) in [4.78, 5) is 14.3. The van der Waals surface area contributed by atoms with Crippen LogP contribution < -0.4 is 5.32 Å². The van der Waals surface area contributed by atoms with E-state index in [4.69, 9.17) is 14.2 Å². The number of ether oxygens (including phenoxy) is 3. The van der Waals surface area contributed by atoms with Crippen molar-refractivity contribution in [2.24, 2.45) is 0 Å². The van der Waals surface area contributed by atoms with Crippen molar-refractivity contribution >= 4 is 6.09 Å². The van der Waals surface area contributed by atoms with Gasteiger partial charge in [-0.25, -0.2) is 4.79 Å². The van der Waals surface area contributed by atoms with Gasteiger partial charge in [-0.3, -0.25) is 0 Å². The molecule has 2 saturated heterocycles. The summed E-state index contributed by atoms with van der Waals surface area (Å²) < 4.78 is 17.0.